The third-order valence-electron chi connectivity index (χ3n) is 2.44. The van der Waals surface area contributed by atoms with Crippen LogP contribution >= 0.6 is 0 Å². The number of carbonyl (C=O) groups excluding carboxylic acids is 1. The molecule has 1 aromatic carbocycles. The topological polar surface area (TPSA) is 44.4 Å². The van der Waals surface area contributed by atoms with E-state index in [0.717, 1.165) is 25.2 Å². The average Bonchev–Trinajstić information content (AvgIpc) is 2.30. The maximum Gasteiger partial charge on any atom is 0.238 e. The van der Waals surface area contributed by atoms with Crippen molar-refractivity contribution in [3.05, 3.63) is 30.3 Å². The lowest BCUT2D eigenvalue weighted by Gasteiger charge is -2.15. The second-order valence-corrected chi connectivity index (χ2v) is 4.11. The standard InChI is InChI=1S/C13H21N3O/c1-14-9-6-10-16(2)11-13(17)15-12-7-4-3-5-8-12/h3-5,7-8,14H,6,9-11H2,1-2H3,(H,15,17). The van der Waals surface area contributed by atoms with Crippen LogP contribution in [0.5, 0.6) is 0 Å². The van der Waals surface area contributed by atoms with Gasteiger partial charge >= 0.3 is 0 Å². The van der Waals surface area contributed by atoms with Crippen LogP contribution in [0, 0.1) is 0 Å². The van der Waals surface area contributed by atoms with Crippen molar-refractivity contribution in [2.75, 3.05) is 39.0 Å². The largest absolute Gasteiger partial charge is 0.325 e. The molecule has 0 saturated carbocycles. The van der Waals surface area contributed by atoms with Gasteiger partial charge in [-0.3, -0.25) is 9.69 Å². The number of nitrogens with one attached hydrogen (secondary N) is 2. The highest BCUT2D eigenvalue weighted by atomic mass is 16.2. The summed E-state index contributed by atoms with van der Waals surface area (Å²) in [4.78, 5) is 13.7. The molecule has 94 valence electrons. The Labute approximate surface area is 103 Å². The van der Waals surface area contributed by atoms with Crippen molar-refractivity contribution in [2.45, 2.75) is 6.42 Å². The van der Waals surface area contributed by atoms with E-state index in [1.165, 1.54) is 0 Å². The zero-order valence-electron chi connectivity index (χ0n) is 10.6. The summed E-state index contributed by atoms with van der Waals surface area (Å²) in [6, 6.07) is 9.52. The van der Waals surface area contributed by atoms with Gasteiger partial charge in [-0.1, -0.05) is 18.2 Å². The molecule has 0 unspecified atom stereocenters. The summed E-state index contributed by atoms with van der Waals surface area (Å²) in [6.45, 7) is 2.33. The highest BCUT2D eigenvalue weighted by molar-refractivity contribution is 5.92. The maximum atomic E-state index is 11.7. The third-order valence-corrected chi connectivity index (χ3v) is 2.44. The first-order valence-corrected chi connectivity index (χ1v) is 5.90. The van der Waals surface area contributed by atoms with Gasteiger partial charge in [0.1, 0.15) is 0 Å². The Hall–Kier alpha value is -1.39. The van der Waals surface area contributed by atoms with E-state index >= 15 is 0 Å². The molecule has 4 nitrogen and oxygen atoms in total. The molecule has 0 saturated heterocycles. The first-order chi connectivity index (χ1) is 8.22. The van der Waals surface area contributed by atoms with Crippen LogP contribution in [0.3, 0.4) is 0 Å². The second kappa shape index (κ2) is 7.81. The lowest BCUT2D eigenvalue weighted by Crippen LogP contribution is -2.31. The summed E-state index contributed by atoms with van der Waals surface area (Å²) in [6.07, 6.45) is 1.05. The number of hydrogen-bond acceptors (Lipinski definition) is 3. The number of para-hydroxylation sites is 1. The van der Waals surface area contributed by atoms with E-state index in [1.807, 2.05) is 49.3 Å². The first-order valence-electron chi connectivity index (χ1n) is 5.90. The Bertz CT molecular complexity index is 327. The van der Waals surface area contributed by atoms with Crippen LogP contribution in [0.1, 0.15) is 6.42 Å². The van der Waals surface area contributed by atoms with E-state index in [0.29, 0.717) is 6.54 Å². The summed E-state index contributed by atoms with van der Waals surface area (Å²) < 4.78 is 0. The smallest absolute Gasteiger partial charge is 0.238 e. The van der Waals surface area contributed by atoms with Gasteiger partial charge in [0.05, 0.1) is 6.54 Å². The number of benzene rings is 1. The van der Waals surface area contributed by atoms with E-state index in [2.05, 4.69) is 10.6 Å². The van der Waals surface area contributed by atoms with Crippen LogP contribution in [0.2, 0.25) is 0 Å². The predicted molar refractivity (Wildman–Crippen MR) is 71.1 cm³/mol. The summed E-state index contributed by atoms with van der Waals surface area (Å²) in [5.41, 5.74) is 0.848. The molecule has 1 amide bonds. The Morgan fingerprint density at radius 1 is 1.29 bits per heavy atom. The molecule has 0 atom stereocenters. The number of amides is 1. The minimum Gasteiger partial charge on any atom is -0.325 e. The molecule has 0 aliphatic rings. The van der Waals surface area contributed by atoms with Gasteiger partial charge in [-0.2, -0.15) is 0 Å². The van der Waals surface area contributed by atoms with Crippen molar-refractivity contribution < 1.29 is 4.79 Å². The Kier molecular flexibility index (Phi) is 6.29. The van der Waals surface area contributed by atoms with Gasteiger partial charge < -0.3 is 10.6 Å². The number of nitrogens with zero attached hydrogens (tertiary/aromatic N) is 1. The molecule has 1 aromatic rings. The van der Waals surface area contributed by atoms with E-state index in [4.69, 9.17) is 0 Å². The second-order valence-electron chi connectivity index (χ2n) is 4.11. The Balaban J connectivity index is 2.25. The highest BCUT2D eigenvalue weighted by Crippen LogP contribution is 2.04. The maximum absolute atomic E-state index is 11.7. The number of carbonyl (C=O) groups is 1. The number of anilines is 1. The van der Waals surface area contributed by atoms with Gasteiger partial charge in [-0.05, 0) is 45.7 Å². The SMILES string of the molecule is CNCCCN(C)CC(=O)Nc1ccccc1. The minimum absolute atomic E-state index is 0.0307. The summed E-state index contributed by atoms with van der Waals surface area (Å²) in [5.74, 6) is 0.0307. The van der Waals surface area contributed by atoms with Gasteiger partial charge in [-0.15, -0.1) is 0 Å². The minimum atomic E-state index is 0.0307. The fraction of sp³-hybridized carbons (Fsp3) is 0.462. The van der Waals surface area contributed by atoms with E-state index < -0.39 is 0 Å². The lowest BCUT2D eigenvalue weighted by atomic mass is 10.3. The molecule has 0 fully saturated rings. The van der Waals surface area contributed by atoms with Gasteiger partial charge in [-0.25, -0.2) is 0 Å². The molecule has 0 aliphatic carbocycles. The van der Waals surface area contributed by atoms with Gasteiger partial charge in [0.15, 0.2) is 0 Å². The highest BCUT2D eigenvalue weighted by Gasteiger charge is 2.05. The van der Waals surface area contributed by atoms with Crippen LogP contribution in [0.15, 0.2) is 30.3 Å². The van der Waals surface area contributed by atoms with Crippen LogP contribution in [-0.2, 0) is 4.79 Å². The number of hydrogen-bond donors (Lipinski definition) is 2. The molecule has 2 N–H and O–H groups in total. The normalized spacial score (nSPS) is 10.5. The Morgan fingerprint density at radius 3 is 2.65 bits per heavy atom. The molecule has 0 radical (unpaired) electrons. The predicted octanol–water partition coefficient (Wildman–Crippen LogP) is 1.17. The molecule has 4 heteroatoms. The quantitative estimate of drug-likeness (QED) is 0.697. The molecular weight excluding hydrogens is 214 g/mol. The number of likely N-dealkylation sites (N-methyl/N-ethyl adjacent to an activating group) is 1. The summed E-state index contributed by atoms with van der Waals surface area (Å²) >= 11 is 0. The molecular formula is C13H21N3O. The fourth-order valence-electron chi connectivity index (χ4n) is 1.57. The molecule has 0 bridgehead atoms. The molecule has 0 aromatic heterocycles. The van der Waals surface area contributed by atoms with Crippen LogP contribution in [-0.4, -0.2) is 44.5 Å². The van der Waals surface area contributed by atoms with E-state index in [-0.39, 0.29) is 5.91 Å². The summed E-state index contributed by atoms with van der Waals surface area (Å²) in [7, 11) is 3.89. The van der Waals surface area contributed by atoms with Crippen LogP contribution < -0.4 is 10.6 Å². The van der Waals surface area contributed by atoms with Crippen LogP contribution in [0.25, 0.3) is 0 Å². The number of rotatable bonds is 7. The molecule has 0 heterocycles. The molecule has 0 spiro atoms. The van der Waals surface area contributed by atoms with Gasteiger partial charge in [0.25, 0.3) is 0 Å². The molecule has 17 heavy (non-hydrogen) atoms. The zero-order valence-corrected chi connectivity index (χ0v) is 10.6. The molecule has 1 rings (SSSR count). The van der Waals surface area contributed by atoms with Gasteiger partial charge in [0.2, 0.25) is 5.91 Å². The van der Waals surface area contributed by atoms with E-state index in [1.54, 1.807) is 0 Å². The van der Waals surface area contributed by atoms with Crippen molar-refractivity contribution in [2.24, 2.45) is 0 Å². The third kappa shape index (κ3) is 6.04. The lowest BCUT2D eigenvalue weighted by molar-refractivity contribution is -0.117. The van der Waals surface area contributed by atoms with Crippen molar-refractivity contribution in [1.29, 1.82) is 0 Å². The fourth-order valence-corrected chi connectivity index (χ4v) is 1.57. The molecule has 0 aliphatic heterocycles. The first kappa shape index (κ1) is 13.7. The van der Waals surface area contributed by atoms with Gasteiger partial charge in [0, 0.05) is 5.69 Å². The average molecular weight is 235 g/mol. The van der Waals surface area contributed by atoms with Crippen LogP contribution in [0.4, 0.5) is 5.69 Å². The van der Waals surface area contributed by atoms with Crippen molar-refractivity contribution in [3.8, 4) is 0 Å². The Morgan fingerprint density at radius 2 is 2.00 bits per heavy atom. The zero-order chi connectivity index (χ0) is 12.5. The van der Waals surface area contributed by atoms with E-state index in [9.17, 15) is 4.79 Å². The van der Waals surface area contributed by atoms with Crippen molar-refractivity contribution >= 4 is 11.6 Å². The van der Waals surface area contributed by atoms with Crippen molar-refractivity contribution in [3.63, 3.8) is 0 Å². The summed E-state index contributed by atoms with van der Waals surface area (Å²) in [5, 5.41) is 5.96. The monoisotopic (exact) mass is 235 g/mol. The van der Waals surface area contributed by atoms with Crippen molar-refractivity contribution in [1.82, 2.24) is 10.2 Å².